The number of ether oxygens (including phenoxy) is 1. The Labute approximate surface area is 139 Å². The molecule has 3 fully saturated rings. The van der Waals surface area contributed by atoms with E-state index in [1.54, 1.807) is 0 Å². The summed E-state index contributed by atoms with van der Waals surface area (Å²) in [6.07, 6.45) is 8.09. The second kappa shape index (κ2) is 5.77. The van der Waals surface area contributed by atoms with Crippen molar-refractivity contribution in [2.75, 3.05) is 6.61 Å². The minimum absolute atomic E-state index is 0.100. The zero-order chi connectivity index (χ0) is 16.8. The molecular weight excluding hydrogens is 288 g/mol. The van der Waals surface area contributed by atoms with Crippen LogP contribution in [0.2, 0.25) is 0 Å². The van der Waals surface area contributed by atoms with Gasteiger partial charge in [-0.3, -0.25) is 0 Å². The van der Waals surface area contributed by atoms with E-state index in [0.717, 1.165) is 12.8 Å². The number of allylic oxidation sites excluding steroid dienone is 2. The van der Waals surface area contributed by atoms with E-state index in [-0.39, 0.29) is 18.0 Å². The molecule has 0 aromatic carbocycles. The first-order valence-corrected chi connectivity index (χ1v) is 8.98. The molecule has 1 aliphatic heterocycles. The Morgan fingerprint density at radius 3 is 2.74 bits per heavy atom. The fourth-order valence-electron chi connectivity index (χ4n) is 5.64. The topological polar surface area (TPSA) is 46.5 Å². The second-order valence-corrected chi connectivity index (χ2v) is 8.66. The third-order valence-electron chi connectivity index (χ3n) is 6.86. The quantitative estimate of drug-likeness (QED) is 0.475. The van der Waals surface area contributed by atoms with Crippen LogP contribution in [0.15, 0.2) is 23.8 Å². The highest BCUT2D eigenvalue weighted by atomic mass is 16.6. The van der Waals surface area contributed by atoms with Gasteiger partial charge >= 0.3 is 5.97 Å². The van der Waals surface area contributed by atoms with Gasteiger partial charge in [-0.2, -0.15) is 0 Å². The summed E-state index contributed by atoms with van der Waals surface area (Å²) in [5.41, 5.74) is 2.39. The lowest BCUT2D eigenvalue weighted by Gasteiger charge is -2.58. The fraction of sp³-hybridized carbons (Fsp3) is 0.750. The zero-order valence-corrected chi connectivity index (χ0v) is 14.7. The van der Waals surface area contributed by atoms with Gasteiger partial charge in [-0.1, -0.05) is 45.4 Å². The first-order chi connectivity index (χ1) is 10.8. The highest BCUT2D eigenvalue weighted by Crippen LogP contribution is 2.61. The summed E-state index contributed by atoms with van der Waals surface area (Å²) in [5.74, 6) is 0.747. The Morgan fingerprint density at radius 1 is 1.35 bits per heavy atom. The van der Waals surface area contributed by atoms with E-state index in [2.05, 4.69) is 27.4 Å². The minimum atomic E-state index is -0.759. The summed E-state index contributed by atoms with van der Waals surface area (Å²) in [6, 6.07) is 0. The highest BCUT2D eigenvalue weighted by molar-refractivity contribution is 5.91. The molecule has 0 radical (unpaired) electrons. The number of aliphatic hydroxyl groups excluding tert-OH is 1. The molecule has 3 nitrogen and oxygen atoms in total. The Morgan fingerprint density at radius 2 is 2.09 bits per heavy atom. The molecular formula is C20H30O3. The van der Waals surface area contributed by atoms with Crippen molar-refractivity contribution in [3.63, 3.8) is 0 Å². The molecule has 0 aromatic rings. The van der Waals surface area contributed by atoms with Gasteiger partial charge in [-0.25, -0.2) is 4.79 Å². The zero-order valence-electron chi connectivity index (χ0n) is 14.7. The molecule has 2 aliphatic carbocycles. The number of hydrogen-bond acceptors (Lipinski definition) is 3. The van der Waals surface area contributed by atoms with Gasteiger partial charge in [0, 0.05) is 0 Å². The summed E-state index contributed by atoms with van der Waals surface area (Å²) < 4.78 is 4.93. The number of hydrogen-bond donors (Lipinski definition) is 1. The van der Waals surface area contributed by atoms with Crippen molar-refractivity contribution < 1.29 is 14.6 Å². The summed E-state index contributed by atoms with van der Waals surface area (Å²) in [6.45, 7) is 11.7. The van der Waals surface area contributed by atoms with Gasteiger partial charge in [0.25, 0.3) is 0 Å². The Bertz CT molecular complexity index is 545. The van der Waals surface area contributed by atoms with E-state index in [1.807, 2.05) is 6.08 Å². The third kappa shape index (κ3) is 2.77. The van der Waals surface area contributed by atoms with Crippen LogP contribution in [0.3, 0.4) is 0 Å². The van der Waals surface area contributed by atoms with Crippen molar-refractivity contribution in [1.29, 1.82) is 0 Å². The third-order valence-corrected chi connectivity index (χ3v) is 6.86. The summed E-state index contributed by atoms with van der Waals surface area (Å²) in [4.78, 5) is 11.7. The lowest BCUT2D eigenvalue weighted by Crippen LogP contribution is -2.49. The maximum atomic E-state index is 11.7. The number of rotatable bonds is 2. The average Bonchev–Trinajstić information content (AvgIpc) is 2.77. The maximum absolute atomic E-state index is 11.7. The van der Waals surface area contributed by atoms with Crippen LogP contribution >= 0.6 is 0 Å². The van der Waals surface area contributed by atoms with Gasteiger partial charge in [0.2, 0.25) is 0 Å². The molecule has 1 N–H and O–H groups in total. The molecule has 0 amide bonds. The summed E-state index contributed by atoms with van der Waals surface area (Å²) in [7, 11) is 0. The van der Waals surface area contributed by atoms with Crippen LogP contribution in [0.1, 0.15) is 59.3 Å². The molecule has 3 rings (SSSR count). The van der Waals surface area contributed by atoms with E-state index in [1.165, 1.54) is 31.3 Å². The van der Waals surface area contributed by atoms with Crippen molar-refractivity contribution in [3.8, 4) is 0 Å². The predicted octanol–water partition coefficient (Wildman–Crippen LogP) is 4.02. The molecule has 1 saturated heterocycles. The first kappa shape index (κ1) is 16.8. The van der Waals surface area contributed by atoms with Crippen LogP contribution in [-0.2, 0) is 9.53 Å². The van der Waals surface area contributed by atoms with Gasteiger partial charge < -0.3 is 9.84 Å². The summed E-state index contributed by atoms with van der Waals surface area (Å²) >= 11 is 0. The fourth-order valence-corrected chi connectivity index (χ4v) is 5.64. The molecule has 23 heavy (non-hydrogen) atoms. The maximum Gasteiger partial charge on any atom is 0.336 e. The molecule has 3 heteroatoms. The van der Waals surface area contributed by atoms with Crippen LogP contribution in [0, 0.1) is 22.7 Å². The molecule has 0 aromatic heterocycles. The van der Waals surface area contributed by atoms with Gasteiger partial charge in [0.15, 0.2) is 0 Å². The monoisotopic (exact) mass is 318 g/mol. The van der Waals surface area contributed by atoms with Crippen LogP contribution < -0.4 is 0 Å². The lowest BCUT2D eigenvalue weighted by molar-refractivity contribution is -0.135. The number of aliphatic hydroxyl groups is 1. The van der Waals surface area contributed by atoms with Gasteiger partial charge in [0.1, 0.15) is 12.7 Å². The molecule has 1 heterocycles. The number of carbonyl (C=O) groups is 1. The lowest BCUT2D eigenvalue weighted by atomic mass is 9.47. The van der Waals surface area contributed by atoms with E-state index < -0.39 is 6.10 Å². The minimum Gasteiger partial charge on any atom is -0.459 e. The molecule has 2 saturated carbocycles. The van der Waals surface area contributed by atoms with Crippen molar-refractivity contribution in [2.24, 2.45) is 22.7 Å². The van der Waals surface area contributed by atoms with Crippen LogP contribution in [0.4, 0.5) is 0 Å². The van der Waals surface area contributed by atoms with Gasteiger partial charge in [-0.15, -0.1) is 0 Å². The number of fused-ring (bicyclic) bond motifs is 1. The first-order valence-electron chi connectivity index (χ1n) is 8.98. The normalized spacial score (nSPS) is 41.7. The average molecular weight is 318 g/mol. The van der Waals surface area contributed by atoms with Crippen molar-refractivity contribution in [2.45, 2.75) is 65.4 Å². The molecule has 128 valence electrons. The molecule has 3 aliphatic rings. The molecule has 0 unspecified atom stereocenters. The smallest absolute Gasteiger partial charge is 0.336 e. The number of carbonyl (C=O) groups excluding carboxylic acids is 1. The SMILES string of the molecule is C=C1CC[C@H]2C(C)(C)CCC[C@@]2(C)[C@H]1C/C=C1/C(=O)OC[C@@H]1O. The molecule has 4 atom stereocenters. The number of cyclic esters (lactones) is 1. The van der Waals surface area contributed by atoms with Gasteiger partial charge in [0.05, 0.1) is 5.57 Å². The highest BCUT2D eigenvalue weighted by Gasteiger charge is 2.52. The molecule has 0 bridgehead atoms. The second-order valence-electron chi connectivity index (χ2n) is 8.66. The Balaban J connectivity index is 1.86. The van der Waals surface area contributed by atoms with Crippen LogP contribution in [0.5, 0.6) is 0 Å². The standard InChI is InChI=1S/C20H30O3/c1-13-6-9-17-19(2,3)10-5-11-20(17,4)15(13)8-7-14-16(21)12-23-18(14)22/h7,15-17,21H,1,5-6,8-12H2,2-4H3/b14-7+/t15-,16-,17-,20-/m0/s1. The van der Waals surface area contributed by atoms with E-state index in [4.69, 9.17) is 4.74 Å². The summed E-state index contributed by atoms with van der Waals surface area (Å²) in [5, 5.41) is 9.90. The van der Waals surface area contributed by atoms with Crippen molar-refractivity contribution in [3.05, 3.63) is 23.8 Å². The van der Waals surface area contributed by atoms with E-state index >= 15 is 0 Å². The van der Waals surface area contributed by atoms with E-state index in [0.29, 0.717) is 22.8 Å². The molecule has 0 spiro atoms. The van der Waals surface area contributed by atoms with Gasteiger partial charge in [-0.05, 0) is 54.8 Å². The Kier molecular flexibility index (Phi) is 4.20. The van der Waals surface area contributed by atoms with Crippen LogP contribution in [-0.4, -0.2) is 23.8 Å². The largest absolute Gasteiger partial charge is 0.459 e. The van der Waals surface area contributed by atoms with Crippen LogP contribution in [0.25, 0.3) is 0 Å². The van der Waals surface area contributed by atoms with Crippen molar-refractivity contribution >= 4 is 5.97 Å². The Hall–Kier alpha value is -1.09. The predicted molar refractivity (Wildman–Crippen MR) is 90.8 cm³/mol. The van der Waals surface area contributed by atoms with E-state index in [9.17, 15) is 9.90 Å². The van der Waals surface area contributed by atoms with Crippen molar-refractivity contribution in [1.82, 2.24) is 0 Å². The number of esters is 1.